The number of ether oxygens (including phenoxy) is 1. The number of halogens is 4. The Balaban J connectivity index is 1.55. The molecule has 1 aliphatic heterocycles. The summed E-state index contributed by atoms with van der Waals surface area (Å²) in [5, 5.41) is 5.38. The number of nitrogens with zero attached hydrogens (tertiary/aromatic N) is 2. The van der Waals surface area contributed by atoms with E-state index in [9.17, 15) is 27.6 Å². The third kappa shape index (κ3) is 7.30. The maximum atomic E-state index is 14.0. The monoisotopic (exact) mass is 586 g/mol. The largest absolute Gasteiger partial charge is 0.418 e. The van der Waals surface area contributed by atoms with E-state index in [4.69, 9.17) is 16.3 Å². The molecule has 0 unspecified atom stereocenters. The second-order valence-electron chi connectivity index (χ2n) is 9.53. The number of hydrogen-bond donors (Lipinski definition) is 2. The Morgan fingerprint density at radius 1 is 1.26 bits per heavy atom. The third-order valence-corrected chi connectivity index (χ3v) is 8.20. The quantitative estimate of drug-likeness (QED) is 0.423. The molecule has 1 aromatic carbocycles. The lowest BCUT2D eigenvalue weighted by molar-refractivity contribution is -0.137. The molecule has 0 radical (unpaired) electrons. The van der Waals surface area contributed by atoms with E-state index in [-0.39, 0.29) is 43.6 Å². The number of benzene rings is 1. The summed E-state index contributed by atoms with van der Waals surface area (Å²) in [5.74, 6) is -1.07. The highest BCUT2D eigenvalue weighted by Gasteiger charge is 2.37. The zero-order chi connectivity index (χ0) is 28.2. The molecule has 1 aromatic heterocycles. The van der Waals surface area contributed by atoms with Gasteiger partial charge in [0.2, 0.25) is 5.91 Å². The van der Waals surface area contributed by atoms with Crippen LogP contribution < -0.4 is 15.5 Å². The number of morpholine rings is 1. The van der Waals surface area contributed by atoms with Crippen molar-refractivity contribution >= 4 is 52.0 Å². The highest BCUT2D eigenvalue weighted by Crippen LogP contribution is 2.39. The van der Waals surface area contributed by atoms with Gasteiger partial charge in [-0.05, 0) is 55.6 Å². The lowest BCUT2D eigenvalue weighted by Crippen LogP contribution is -2.52. The Morgan fingerprint density at radius 3 is 2.62 bits per heavy atom. The van der Waals surface area contributed by atoms with Crippen LogP contribution in [0.3, 0.4) is 0 Å². The van der Waals surface area contributed by atoms with Crippen molar-refractivity contribution in [1.82, 2.24) is 10.2 Å². The molecule has 8 nitrogen and oxygen atoms in total. The van der Waals surface area contributed by atoms with Gasteiger partial charge in [0.15, 0.2) is 0 Å². The molecule has 2 fully saturated rings. The van der Waals surface area contributed by atoms with E-state index < -0.39 is 29.6 Å². The predicted molar refractivity (Wildman–Crippen MR) is 143 cm³/mol. The zero-order valence-corrected chi connectivity index (χ0v) is 22.9. The molecule has 2 aliphatic rings. The van der Waals surface area contributed by atoms with Crippen molar-refractivity contribution < 1.29 is 32.3 Å². The van der Waals surface area contributed by atoms with Gasteiger partial charge in [-0.3, -0.25) is 19.3 Å². The standard InChI is InChI=1S/C26H30ClF3N4O4S/c1-2-33(14-16-4-3-5-16)20(13-31-25(37)21-8-9-22(27)39-21)24(36)32-17-6-7-19(18(12-17)26(28,29)30)34-10-11-38-15-23(34)35/h6-9,12,16,20H,2-5,10-11,13-15H2,1H3,(H,31,37)(H,32,36)/t20-/m0/s1. The van der Waals surface area contributed by atoms with Gasteiger partial charge in [0.05, 0.1) is 27.1 Å². The van der Waals surface area contributed by atoms with Crippen molar-refractivity contribution in [1.29, 1.82) is 0 Å². The molecule has 1 aliphatic carbocycles. The molecule has 1 atom stereocenters. The first-order chi connectivity index (χ1) is 18.6. The molecule has 2 aromatic rings. The Labute approximate surface area is 233 Å². The van der Waals surface area contributed by atoms with E-state index in [1.807, 2.05) is 11.8 Å². The molecule has 2 heterocycles. The average molecular weight is 587 g/mol. The fraction of sp³-hybridized carbons (Fsp3) is 0.500. The number of rotatable bonds is 10. The van der Waals surface area contributed by atoms with Gasteiger partial charge in [0.25, 0.3) is 11.8 Å². The van der Waals surface area contributed by atoms with Crippen molar-refractivity contribution in [2.45, 2.75) is 38.4 Å². The van der Waals surface area contributed by atoms with E-state index in [1.54, 1.807) is 12.1 Å². The molecule has 0 spiro atoms. The van der Waals surface area contributed by atoms with Crippen molar-refractivity contribution in [3.63, 3.8) is 0 Å². The van der Waals surface area contributed by atoms with Crippen LogP contribution in [0.5, 0.6) is 0 Å². The van der Waals surface area contributed by atoms with E-state index >= 15 is 0 Å². The fourth-order valence-electron chi connectivity index (χ4n) is 4.66. The smallest absolute Gasteiger partial charge is 0.370 e. The Hall–Kier alpha value is -2.67. The minimum atomic E-state index is -4.76. The first-order valence-corrected chi connectivity index (χ1v) is 13.9. The first-order valence-electron chi connectivity index (χ1n) is 12.7. The Bertz CT molecular complexity index is 1200. The first kappa shape index (κ1) is 29.3. The van der Waals surface area contributed by atoms with Crippen LogP contribution >= 0.6 is 22.9 Å². The topological polar surface area (TPSA) is 91.0 Å². The molecule has 212 valence electrons. The van der Waals surface area contributed by atoms with Crippen LogP contribution in [-0.4, -0.2) is 68.1 Å². The number of carbonyl (C=O) groups is 3. The van der Waals surface area contributed by atoms with Gasteiger partial charge < -0.3 is 20.3 Å². The molecule has 1 saturated carbocycles. The maximum absolute atomic E-state index is 14.0. The number of carbonyl (C=O) groups excluding carboxylic acids is 3. The summed E-state index contributed by atoms with van der Waals surface area (Å²) in [6, 6.07) is 5.74. The van der Waals surface area contributed by atoms with Gasteiger partial charge in [-0.1, -0.05) is 24.9 Å². The van der Waals surface area contributed by atoms with Crippen LogP contribution in [0.25, 0.3) is 0 Å². The second kappa shape index (κ2) is 12.7. The molecule has 4 rings (SSSR count). The van der Waals surface area contributed by atoms with Gasteiger partial charge >= 0.3 is 6.18 Å². The number of alkyl halides is 3. The molecule has 1 saturated heterocycles. The predicted octanol–water partition coefficient (Wildman–Crippen LogP) is 4.64. The van der Waals surface area contributed by atoms with Crippen LogP contribution in [0.1, 0.15) is 41.4 Å². The highest BCUT2D eigenvalue weighted by molar-refractivity contribution is 7.18. The molecule has 39 heavy (non-hydrogen) atoms. The van der Waals surface area contributed by atoms with Crippen molar-refractivity contribution in [2.24, 2.45) is 5.92 Å². The second-order valence-corrected chi connectivity index (χ2v) is 11.2. The number of nitrogens with one attached hydrogen (secondary N) is 2. The summed E-state index contributed by atoms with van der Waals surface area (Å²) in [4.78, 5) is 41.7. The van der Waals surface area contributed by atoms with Gasteiger partial charge in [-0.2, -0.15) is 13.2 Å². The maximum Gasteiger partial charge on any atom is 0.418 e. The van der Waals surface area contributed by atoms with E-state index in [2.05, 4.69) is 10.6 Å². The zero-order valence-electron chi connectivity index (χ0n) is 21.4. The van der Waals surface area contributed by atoms with Crippen LogP contribution in [0.15, 0.2) is 30.3 Å². The normalized spacial score (nSPS) is 17.2. The van der Waals surface area contributed by atoms with Crippen molar-refractivity contribution in [2.75, 3.05) is 49.6 Å². The van der Waals surface area contributed by atoms with E-state index in [1.165, 1.54) is 12.1 Å². The van der Waals surface area contributed by atoms with E-state index in [0.717, 1.165) is 41.6 Å². The summed E-state index contributed by atoms with van der Waals surface area (Å²) < 4.78 is 47.5. The van der Waals surface area contributed by atoms with Crippen molar-refractivity contribution in [3.8, 4) is 0 Å². The van der Waals surface area contributed by atoms with Gasteiger partial charge in [0, 0.05) is 25.3 Å². The molecule has 0 bridgehead atoms. The highest BCUT2D eigenvalue weighted by atomic mass is 35.5. The lowest BCUT2D eigenvalue weighted by atomic mass is 9.85. The number of anilines is 2. The summed E-state index contributed by atoms with van der Waals surface area (Å²) in [7, 11) is 0. The lowest BCUT2D eigenvalue weighted by Gasteiger charge is -2.36. The van der Waals surface area contributed by atoms with Crippen LogP contribution in [0.4, 0.5) is 24.5 Å². The van der Waals surface area contributed by atoms with Crippen LogP contribution in [0.2, 0.25) is 4.34 Å². The van der Waals surface area contributed by atoms with Crippen LogP contribution in [0, 0.1) is 5.92 Å². The van der Waals surface area contributed by atoms with Crippen LogP contribution in [-0.2, 0) is 20.5 Å². The number of hydrogen-bond acceptors (Lipinski definition) is 6. The number of thiophene rings is 1. The number of likely N-dealkylation sites (N-methyl/N-ethyl adjacent to an activating group) is 1. The molecular weight excluding hydrogens is 557 g/mol. The average Bonchev–Trinajstić information content (AvgIpc) is 3.31. The van der Waals surface area contributed by atoms with Gasteiger partial charge in [-0.15, -0.1) is 11.3 Å². The molecule has 2 N–H and O–H groups in total. The summed E-state index contributed by atoms with van der Waals surface area (Å²) in [5.41, 5.74) is -1.37. The summed E-state index contributed by atoms with van der Waals surface area (Å²) in [6.45, 7) is 2.85. The molecule has 3 amide bonds. The van der Waals surface area contributed by atoms with Crippen molar-refractivity contribution in [3.05, 3.63) is 45.1 Å². The third-order valence-electron chi connectivity index (χ3n) is 6.97. The summed E-state index contributed by atoms with van der Waals surface area (Å²) in [6.07, 6.45) is -1.56. The summed E-state index contributed by atoms with van der Waals surface area (Å²) >= 11 is 7.04. The number of amides is 3. The minimum Gasteiger partial charge on any atom is -0.370 e. The SMILES string of the molecule is CCN(CC1CCC1)[C@@H](CNC(=O)c1ccc(Cl)s1)C(=O)Nc1ccc(N2CCOCC2=O)c(C(F)(F)F)c1. The molecular formula is C26H30ClF3N4O4S. The van der Waals surface area contributed by atoms with E-state index in [0.29, 0.717) is 28.2 Å². The van der Waals surface area contributed by atoms with Gasteiger partial charge in [0.1, 0.15) is 12.6 Å². The van der Waals surface area contributed by atoms with Gasteiger partial charge in [-0.25, -0.2) is 0 Å². The Morgan fingerprint density at radius 2 is 2.03 bits per heavy atom. The minimum absolute atomic E-state index is 0.00251. The Kier molecular flexibility index (Phi) is 9.52. The molecule has 13 heteroatoms. The fourth-order valence-corrected chi connectivity index (χ4v) is 5.62.